The van der Waals surface area contributed by atoms with Crippen LogP contribution in [0.25, 0.3) is 0 Å². The average molecular weight is 429 g/mol. The van der Waals surface area contributed by atoms with Gasteiger partial charge in [-0.3, -0.25) is 4.79 Å². The topological polar surface area (TPSA) is 96.2 Å². The maximum absolute atomic E-state index is 12.8. The lowest BCUT2D eigenvalue weighted by atomic mass is 10.0. The molecule has 0 saturated carbocycles. The number of anilines is 2. The molecule has 7 nitrogen and oxygen atoms in total. The van der Waals surface area contributed by atoms with E-state index >= 15 is 0 Å². The number of benzene rings is 2. The third-order valence-electron chi connectivity index (χ3n) is 4.46. The maximum atomic E-state index is 12.8. The Morgan fingerprint density at radius 1 is 1.07 bits per heavy atom. The number of hydrogen-bond acceptors (Lipinski definition) is 4. The predicted molar refractivity (Wildman–Crippen MR) is 111 cm³/mol. The Morgan fingerprint density at radius 2 is 1.76 bits per heavy atom. The van der Waals surface area contributed by atoms with E-state index in [9.17, 15) is 14.7 Å². The smallest absolute Gasteiger partial charge is 0.352 e. The molecule has 1 atom stereocenters. The lowest BCUT2D eigenvalue weighted by Gasteiger charge is -2.25. The van der Waals surface area contributed by atoms with Crippen LogP contribution in [-0.2, 0) is 4.79 Å². The minimum atomic E-state index is -1.16. The van der Waals surface area contributed by atoms with Crippen LogP contribution in [0.4, 0.5) is 11.5 Å². The SMILES string of the molecule is O=C(O)C1=C[C@@H](c2ccccc2Cl)n2ncc(C(=O)Nc3ccccc3Cl)c2N1. The van der Waals surface area contributed by atoms with Gasteiger partial charge >= 0.3 is 5.97 Å². The zero-order chi connectivity index (χ0) is 20.5. The van der Waals surface area contributed by atoms with Crippen molar-refractivity contribution < 1.29 is 14.7 Å². The molecule has 0 bridgehead atoms. The van der Waals surface area contributed by atoms with Gasteiger partial charge in [-0.2, -0.15) is 5.10 Å². The van der Waals surface area contributed by atoms with Gasteiger partial charge in [0.2, 0.25) is 0 Å². The van der Waals surface area contributed by atoms with Crippen LogP contribution in [-0.4, -0.2) is 26.8 Å². The van der Waals surface area contributed by atoms with Crippen molar-refractivity contribution in [3.8, 4) is 0 Å². The highest BCUT2D eigenvalue weighted by atomic mass is 35.5. The van der Waals surface area contributed by atoms with Gasteiger partial charge in [0.25, 0.3) is 5.91 Å². The van der Waals surface area contributed by atoms with Crippen LogP contribution in [0, 0.1) is 0 Å². The molecule has 0 spiro atoms. The highest BCUT2D eigenvalue weighted by Gasteiger charge is 2.30. The Kier molecular flexibility index (Phi) is 5.00. The first-order chi connectivity index (χ1) is 14.0. The second-order valence-electron chi connectivity index (χ2n) is 6.26. The van der Waals surface area contributed by atoms with Crippen molar-refractivity contribution in [3.63, 3.8) is 0 Å². The lowest BCUT2D eigenvalue weighted by Crippen LogP contribution is -2.25. The molecule has 29 heavy (non-hydrogen) atoms. The molecule has 2 aromatic carbocycles. The van der Waals surface area contributed by atoms with Crippen molar-refractivity contribution in [2.24, 2.45) is 0 Å². The van der Waals surface area contributed by atoms with Crippen LogP contribution < -0.4 is 10.6 Å². The molecule has 0 unspecified atom stereocenters. The molecule has 0 saturated heterocycles. The van der Waals surface area contributed by atoms with Gasteiger partial charge in [-0.15, -0.1) is 0 Å². The minimum absolute atomic E-state index is 0.0743. The third-order valence-corrected chi connectivity index (χ3v) is 5.13. The van der Waals surface area contributed by atoms with E-state index in [0.717, 1.165) is 0 Å². The first-order valence-corrected chi connectivity index (χ1v) is 9.31. The number of hydrogen-bond donors (Lipinski definition) is 3. The largest absolute Gasteiger partial charge is 0.477 e. The second kappa shape index (κ2) is 7.62. The number of carboxylic acid groups (broad SMARTS) is 1. The standard InChI is InChI=1S/C20H14Cl2N4O3/c21-13-6-2-1-5-11(13)17-9-16(20(28)29)24-18-12(10-23-26(17)18)19(27)25-15-8-4-3-7-14(15)22/h1-10,17,24H,(H,25,27)(H,28,29)/t17-/m0/s1. The van der Waals surface area contributed by atoms with Crippen LogP contribution in [0.15, 0.2) is 66.5 Å². The van der Waals surface area contributed by atoms with Crippen LogP contribution >= 0.6 is 23.2 Å². The molecule has 1 aromatic heterocycles. The Labute approximate surface area is 175 Å². The normalized spacial score (nSPS) is 15.1. The van der Waals surface area contributed by atoms with Gasteiger partial charge in [0.15, 0.2) is 0 Å². The van der Waals surface area contributed by atoms with Gasteiger partial charge in [-0.1, -0.05) is 53.5 Å². The van der Waals surface area contributed by atoms with Gasteiger partial charge in [0.05, 0.1) is 16.9 Å². The fourth-order valence-electron chi connectivity index (χ4n) is 3.08. The van der Waals surface area contributed by atoms with Crippen LogP contribution in [0.3, 0.4) is 0 Å². The molecule has 0 aliphatic carbocycles. The van der Waals surface area contributed by atoms with Crippen LogP contribution in [0.5, 0.6) is 0 Å². The van der Waals surface area contributed by atoms with Crippen molar-refractivity contribution in [2.75, 3.05) is 10.6 Å². The number of carboxylic acids is 1. The van der Waals surface area contributed by atoms with Crippen molar-refractivity contribution in [1.82, 2.24) is 9.78 Å². The van der Waals surface area contributed by atoms with Crippen molar-refractivity contribution in [2.45, 2.75) is 6.04 Å². The molecule has 1 amide bonds. The zero-order valence-electron chi connectivity index (χ0n) is 14.8. The molecule has 4 rings (SSSR count). The number of para-hydroxylation sites is 1. The average Bonchev–Trinajstić information content (AvgIpc) is 3.13. The van der Waals surface area contributed by atoms with Gasteiger partial charge < -0.3 is 15.7 Å². The summed E-state index contributed by atoms with van der Waals surface area (Å²) in [5.74, 6) is -1.39. The number of amides is 1. The second-order valence-corrected chi connectivity index (χ2v) is 7.08. The summed E-state index contributed by atoms with van der Waals surface area (Å²) in [6.45, 7) is 0. The molecule has 3 N–H and O–H groups in total. The van der Waals surface area contributed by atoms with E-state index in [2.05, 4.69) is 15.7 Å². The number of rotatable bonds is 4. The van der Waals surface area contributed by atoms with Gasteiger partial charge in [-0.25, -0.2) is 9.48 Å². The van der Waals surface area contributed by atoms with E-state index in [0.29, 0.717) is 21.3 Å². The molecule has 1 aliphatic rings. The number of carbonyl (C=O) groups excluding carboxylic acids is 1. The van der Waals surface area contributed by atoms with E-state index in [1.807, 2.05) is 0 Å². The third kappa shape index (κ3) is 3.57. The fourth-order valence-corrected chi connectivity index (χ4v) is 3.51. The summed E-state index contributed by atoms with van der Waals surface area (Å²) in [7, 11) is 0. The van der Waals surface area contributed by atoms with E-state index < -0.39 is 17.9 Å². The lowest BCUT2D eigenvalue weighted by molar-refractivity contribution is -0.132. The molecular weight excluding hydrogens is 415 g/mol. The predicted octanol–water partition coefficient (Wildman–Crippen LogP) is 4.43. The van der Waals surface area contributed by atoms with Crippen LogP contribution in [0.2, 0.25) is 10.0 Å². The molecule has 1 aliphatic heterocycles. The number of carbonyl (C=O) groups is 2. The van der Waals surface area contributed by atoms with Crippen molar-refractivity contribution in [1.29, 1.82) is 0 Å². The molecule has 0 radical (unpaired) electrons. The van der Waals surface area contributed by atoms with E-state index in [4.69, 9.17) is 23.2 Å². The Hall–Kier alpha value is -3.29. The number of aromatic nitrogens is 2. The molecule has 3 aromatic rings. The van der Waals surface area contributed by atoms with E-state index in [1.165, 1.54) is 17.0 Å². The van der Waals surface area contributed by atoms with E-state index in [1.54, 1.807) is 48.5 Å². The Morgan fingerprint density at radius 3 is 2.45 bits per heavy atom. The summed E-state index contributed by atoms with van der Waals surface area (Å²) in [6, 6.07) is 13.3. The Balaban J connectivity index is 1.75. The molecule has 9 heteroatoms. The Bertz CT molecular complexity index is 1160. The number of allylic oxidation sites excluding steroid dienone is 1. The number of halogens is 2. The summed E-state index contributed by atoms with van der Waals surface area (Å²) in [4.78, 5) is 24.5. The summed E-state index contributed by atoms with van der Waals surface area (Å²) in [5, 5.41) is 20.2. The van der Waals surface area contributed by atoms with Crippen molar-refractivity contribution in [3.05, 3.63) is 87.7 Å². The van der Waals surface area contributed by atoms with Gasteiger partial charge in [0, 0.05) is 5.02 Å². The number of fused-ring (bicyclic) bond motifs is 1. The highest BCUT2D eigenvalue weighted by molar-refractivity contribution is 6.34. The number of nitrogens with one attached hydrogen (secondary N) is 2. The number of nitrogens with zero attached hydrogens (tertiary/aromatic N) is 2. The van der Waals surface area contributed by atoms with Gasteiger partial charge in [0.1, 0.15) is 23.1 Å². The highest BCUT2D eigenvalue weighted by Crippen LogP contribution is 2.35. The van der Waals surface area contributed by atoms with Crippen molar-refractivity contribution >= 4 is 46.6 Å². The first kappa shape index (κ1) is 19.0. The summed E-state index contributed by atoms with van der Waals surface area (Å²) in [6.07, 6.45) is 2.87. The monoisotopic (exact) mass is 428 g/mol. The van der Waals surface area contributed by atoms with Gasteiger partial charge in [-0.05, 0) is 29.8 Å². The maximum Gasteiger partial charge on any atom is 0.352 e. The van der Waals surface area contributed by atoms with E-state index in [-0.39, 0.29) is 17.1 Å². The molecular formula is C20H14Cl2N4O3. The summed E-state index contributed by atoms with van der Waals surface area (Å²) < 4.78 is 1.52. The summed E-state index contributed by atoms with van der Waals surface area (Å²) >= 11 is 12.4. The summed E-state index contributed by atoms with van der Waals surface area (Å²) in [5.41, 5.74) is 1.20. The minimum Gasteiger partial charge on any atom is -0.477 e. The van der Waals surface area contributed by atoms with Crippen LogP contribution in [0.1, 0.15) is 22.0 Å². The fraction of sp³-hybridized carbons (Fsp3) is 0.0500. The zero-order valence-corrected chi connectivity index (χ0v) is 16.3. The molecule has 2 heterocycles. The first-order valence-electron chi connectivity index (χ1n) is 8.55. The quantitative estimate of drug-likeness (QED) is 0.571. The molecule has 0 fully saturated rings. The molecule has 146 valence electrons. The number of aliphatic carboxylic acids is 1.